The van der Waals surface area contributed by atoms with Gasteiger partial charge in [0.15, 0.2) is 4.80 Å². The Morgan fingerprint density at radius 3 is 2.63 bits per heavy atom. The average molecular weight is 386 g/mol. The summed E-state index contributed by atoms with van der Waals surface area (Å²) in [5, 5.41) is 0. The first-order valence-corrected chi connectivity index (χ1v) is 9.29. The molecule has 0 fully saturated rings. The molecule has 0 radical (unpaired) electrons. The van der Waals surface area contributed by atoms with Gasteiger partial charge in [-0.15, -0.1) is 0 Å². The van der Waals surface area contributed by atoms with Crippen molar-refractivity contribution in [3.05, 3.63) is 52.3 Å². The highest BCUT2D eigenvalue weighted by molar-refractivity contribution is 7.16. The maximum absolute atomic E-state index is 12.9. The Bertz CT molecular complexity index is 1040. The van der Waals surface area contributed by atoms with E-state index in [1.807, 2.05) is 17.6 Å². The minimum Gasteiger partial charge on any atom is -0.497 e. The van der Waals surface area contributed by atoms with Gasteiger partial charge in [-0.05, 0) is 42.8 Å². The van der Waals surface area contributed by atoms with Crippen LogP contribution in [0.5, 0.6) is 11.5 Å². The zero-order chi connectivity index (χ0) is 19.4. The minimum absolute atomic E-state index is 0.365. The van der Waals surface area contributed by atoms with Crippen LogP contribution in [0.4, 0.5) is 0 Å². The SMILES string of the molecule is COCCn1c(=NC(=O)c2cc(OC)ccc2OC)sc2cc(C)ccc21. The number of hydrogen-bond acceptors (Lipinski definition) is 5. The van der Waals surface area contributed by atoms with Gasteiger partial charge in [0.2, 0.25) is 0 Å². The Labute approximate surface area is 161 Å². The van der Waals surface area contributed by atoms with E-state index in [1.54, 1.807) is 32.4 Å². The standard InChI is InChI=1S/C20H22N2O4S/c1-13-5-7-16-18(11-13)27-20(22(16)9-10-24-2)21-19(23)15-12-14(25-3)6-8-17(15)26-4/h5-8,11-12H,9-10H2,1-4H3. The van der Waals surface area contributed by atoms with Gasteiger partial charge in [-0.1, -0.05) is 17.4 Å². The average Bonchev–Trinajstić information content (AvgIpc) is 3.01. The Hall–Kier alpha value is -2.64. The number of nitrogens with zero attached hydrogens (tertiary/aromatic N) is 2. The monoisotopic (exact) mass is 386 g/mol. The third-order valence-corrected chi connectivity index (χ3v) is 5.23. The molecule has 0 unspecified atom stereocenters. The molecule has 3 rings (SSSR count). The normalized spacial score (nSPS) is 11.8. The number of benzene rings is 2. The van der Waals surface area contributed by atoms with Crippen molar-refractivity contribution in [1.82, 2.24) is 4.57 Å². The quantitative estimate of drug-likeness (QED) is 0.651. The lowest BCUT2D eigenvalue weighted by Crippen LogP contribution is -2.19. The number of amides is 1. The minimum atomic E-state index is -0.375. The second-order valence-electron chi connectivity index (χ2n) is 5.98. The Morgan fingerprint density at radius 1 is 1.11 bits per heavy atom. The summed E-state index contributed by atoms with van der Waals surface area (Å²) in [6, 6.07) is 11.3. The van der Waals surface area contributed by atoms with Crippen molar-refractivity contribution < 1.29 is 19.0 Å². The highest BCUT2D eigenvalue weighted by Gasteiger charge is 2.15. The topological polar surface area (TPSA) is 62.1 Å². The Morgan fingerprint density at radius 2 is 1.93 bits per heavy atom. The molecule has 0 saturated heterocycles. The molecule has 0 saturated carbocycles. The van der Waals surface area contributed by atoms with E-state index in [1.165, 1.54) is 18.4 Å². The number of fused-ring (bicyclic) bond motifs is 1. The second-order valence-corrected chi connectivity index (χ2v) is 6.99. The largest absolute Gasteiger partial charge is 0.497 e. The van der Waals surface area contributed by atoms with Gasteiger partial charge in [-0.25, -0.2) is 0 Å². The summed E-state index contributed by atoms with van der Waals surface area (Å²) in [4.78, 5) is 17.9. The van der Waals surface area contributed by atoms with E-state index in [2.05, 4.69) is 17.1 Å². The molecule has 0 bridgehead atoms. The van der Waals surface area contributed by atoms with Crippen LogP contribution in [-0.4, -0.2) is 38.4 Å². The van der Waals surface area contributed by atoms with Gasteiger partial charge in [-0.2, -0.15) is 4.99 Å². The number of carbonyl (C=O) groups is 1. The smallest absolute Gasteiger partial charge is 0.283 e. The lowest BCUT2D eigenvalue weighted by Gasteiger charge is -2.08. The molecule has 142 valence electrons. The molecule has 1 heterocycles. The molecule has 27 heavy (non-hydrogen) atoms. The van der Waals surface area contributed by atoms with Crippen LogP contribution in [0.25, 0.3) is 10.2 Å². The van der Waals surface area contributed by atoms with E-state index in [0.717, 1.165) is 15.8 Å². The number of aryl methyl sites for hydroxylation is 1. The third-order valence-electron chi connectivity index (χ3n) is 4.19. The van der Waals surface area contributed by atoms with Crippen LogP contribution in [0, 0.1) is 6.92 Å². The number of hydrogen-bond donors (Lipinski definition) is 0. The second kappa shape index (κ2) is 8.37. The molecule has 0 atom stereocenters. The van der Waals surface area contributed by atoms with Crippen LogP contribution in [0.3, 0.4) is 0 Å². The third kappa shape index (κ3) is 4.04. The highest BCUT2D eigenvalue weighted by Crippen LogP contribution is 2.25. The summed E-state index contributed by atoms with van der Waals surface area (Å²) >= 11 is 1.48. The molecule has 1 amide bonds. The molecular formula is C20H22N2O4S. The number of rotatable bonds is 6. The number of methoxy groups -OCH3 is 3. The molecule has 3 aromatic rings. The zero-order valence-electron chi connectivity index (χ0n) is 15.8. The summed E-state index contributed by atoms with van der Waals surface area (Å²) in [7, 11) is 4.74. The van der Waals surface area contributed by atoms with Crippen LogP contribution in [0.1, 0.15) is 15.9 Å². The van der Waals surface area contributed by atoms with Crippen molar-refractivity contribution in [3.63, 3.8) is 0 Å². The van der Waals surface area contributed by atoms with E-state index < -0.39 is 0 Å². The molecule has 0 N–H and O–H groups in total. The predicted molar refractivity (Wildman–Crippen MR) is 106 cm³/mol. The fourth-order valence-corrected chi connectivity index (χ4v) is 3.95. The Kier molecular flexibility index (Phi) is 5.93. The van der Waals surface area contributed by atoms with E-state index >= 15 is 0 Å². The van der Waals surface area contributed by atoms with E-state index in [0.29, 0.717) is 35.0 Å². The first kappa shape index (κ1) is 19.1. The van der Waals surface area contributed by atoms with Crippen molar-refractivity contribution in [1.29, 1.82) is 0 Å². The molecule has 0 spiro atoms. The summed E-state index contributed by atoms with van der Waals surface area (Å²) in [5.41, 5.74) is 2.56. The first-order valence-electron chi connectivity index (χ1n) is 8.47. The lowest BCUT2D eigenvalue weighted by molar-refractivity contribution is 0.0994. The fraction of sp³-hybridized carbons (Fsp3) is 0.300. The zero-order valence-corrected chi connectivity index (χ0v) is 16.6. The molecule has 2 aromatic carbocycles. The van der Waals surface area contributed by atoms with Crippen molar-refractivity contribution >= 4 is 27.5 Å². The molecule has 1 aromatic heterocycles. The van der Waals surface area contributed by atoms with E-state index in [-0.39, 0.29) is 5.91 Å². The van der Waals surface area contributed by atoms with Gasteiger partial charge in [0.05, 0.1) is 36.6 Å². The van der Waals surface area contributed by atoms with Crippen molar-refractivity contribution in [2.24, 2.45) is 4.99 Å². The van der Waals surface area contributed by atoms with Crippen LogP contribution in [0.15, 0.2) is 41.4 Å². The number of carbonyl (C=O) groups excluding carboxylic acids is 1. The van der Waals surface area contributed by atoms with E-state index in [9.17, 15) is 4.79 Å². The van der Waals surface area contributed by atoms with Crippen molar-refractivity contribution in [3.8, 4) is 11.5 Å². The van der Waals surface area contributed by atoms with Gasteiger partial charge in [0, 0.05) is 13.7 Å². The fourth-order valence-electron chi connectivity index (χ4n) is 2.79. The molecule has 0 aliphatic rings. The summed E-state index contributed by atoms with van der Waals surface area (Å²) in [6.07, 6.45) is 0. The summed E-state index contributed by atoms with van der Waals surface area (Å²) in [6.45, 7) is 3.19. The maximum Gasteiger partial charge on any atom is 0.283 e. The number of aromatic nitrogens is 1. The van der Waals surface area contributed by atoms with Gasteiger partial charge >= 0.3 is 0 Å². The molecular weight excluding hydrogens is 364 g/mol. The summed E-state index contributed by atoms with van der Waals surface area (Å²) in [5.74, 6) is 0.665. The molecule has 0 aliphatic heterocycles. The first-order chi connectivity index (χ1) is 13.1. The predicted octanol–water partition coefficient (Wildman–Crippen LogP) is 3.42. The van der Waals surface area contributed by atoms with Crippen molar-refractivity contribution in [2.75, 3.05) is 27.9 Å². The molecule has 7 heteroatoms. The molecule has 6 nitrogen and oxygen atoms in total. The molecule has 0 aliphatic carbocycles. The maximum atomic E-state index is 12.9. The lowest BCUT2D eigenvalue weighted by atomic mass is 10.2. The highest BCUT2D eigenvalue weighted by atomic mass is 32.1. The Balaban J connectivity index is 2.13. The van der Waals surface area contributed by atoms with Gasteiger partial charge in [0.1, 0.15) is 11.5 Å². The van der Waals surface area contributed by atoms with E-state index in [4.69, 9.17) is 14.2 Å². The van der Waals surface area contributed by atoms with Gasteiger partial charge in [-0.3, -0.25) is 4.79 Å². The van der Waals surface area contributed by atoms with Crippen LogP contribution in [-0.2, 0) is 11.3 Å². The van der Waals surface area contributed by atoms with Crippen molar-refractivity contribution in [2.45, 2.75) is 13.5 Å². The van der Waals surface area contributed by atoms with Crippen LogP contribution < -0.4 is 14.3 Å². The van der Waals surface area contributed by atoms with Crippen LogP contribution in [0.2, 0.25) is 0 Å². The number of ether oxygens (including phenoxy) is 3. The van der Waals surface area contributed by atoms with Crippen LogP contribution >= 0.6 is 11.3 Å². The summed E-state index contributed by atoms with van der Waals surface area (Å²) < 4.78 is 18.8. The van der Waals surface area contributed by atoms with Gasteiger partial charge < -0.3 is 18.8 Å². The number of thiazole rings is 1. The van der Waals surface area contributed by atoms with Gasteiger partial charge in [0.25, 0.3) is 5.91 Å².